The Hall–Kier alpha value is -1.04. The van der Waals surface area contributed by atoms with Crippen molar-refractivity contribution in [3.05, 3.63) is 0 Å². The number of nitriles is 1. The highest BCUT2D eigenvalue weighted by Gasteiger charge is 2.56. The third-order valence-corrected chi connectivity index (χ3v) is 2.56. The Morgan fingerprint density at radius 3 is 2.07 bits per heavy atom. The molecule has 3 heteroatoms. The lowest BCUT2D eigenvalue weighted by Gasteiger charge is -2.47. The van der Waals surface area contributed by atoms with E-state index >= 15 is 0 Å². The van der Waals surface area contributed by atoms with Gasteiger partial charge in [-0.05, 0) is 39.0 Å². The molecule has 0 saturated heterocycles. The summed E-state index contributed by atoms with van der Waals surface area (Å²) in [5, 5.41) is 9.09. The first-order valence-electron chi connectivity index (χ1n) is 5.25. The van der Waals surface area contributed by atoms with E-state index in [1.165, 1.54) is 0 Å². The molecule has 1 aliphatic carbocycles. The molecule has 84 valence electrons. The molecule has 1 fully saturated rings. The van der Waals surface area contributed by atoms with E-state index in [1.807, 2.05) is 20.8 Å². The van der Waals surface area contributed by atoms with Gasteiger partial charge in [0.15, 0.2) is 5.41 Å². The van der Waals surface area contributed by atoms with Gasteiger partial charge in [-0.25, -0.2) is 0 Å². The molecule has 0 aliphatic heterocycles. The second-order valence-corrected chi connectivity index (χ2v) is 6.21. The van der Waals surface area contributed by atoms with Crippen LogP contribution < -0.4 is 0 Å². The molecule has 0 aromatic rings. The van der Waals surface area contributed by atoms with E-state index in [-0.39, 0.29) is 11.4 Å². The fourth-order valence-corrected chi connectivity index (χ4v) is 2.23. The van der Waals surface area contributed by atoms with Crippen molar-refractivity contribution in [2.75, 3.05) is 0 Å². The first kappa shape index (κ1) is 12.0. The molecule has 3 nitrogen and oxygen atoms in total. The molecule has 0 N–H and O–H groups in total. The average Bonchev–Trinajstić information content (AvgIpc) is 1.95. The summed E-state index contributed by atoms with van der Waals surface area (Å²) in [6.45, 7) is 9.58. The SMILES string of the molecule is CC1(C)CC(C#N)(C(=O)OC(C)(C)C)C1. The molecule has 0 atom stereocenters. The van der Waals surface area contributed by atoms with Gasteiger partial charge in [-0.1, -0.05) is 13.8 Å². The molecular weight excluding hydrogens is 190 g/mol. The smallest absolute Gasteiger partial charge is 0.327 e. The Bertz CT molecular complexity index is 309. The van der Waals surface area contributed by atoms with Crippen LogP contribution in [0.3, 0.4) is 0 Å². The molecule has 0 spiro atoms. The molecule has 0 heterocycles. The number of nitrogens with zero attached hydrogens (tertiary/aromatic N) is 1. The van der Waals surface area contributed by atoms with Gasteiger partial charge < -0.3 is 4.74 Å². The molecule has 0 aromatic heterocycles. The first-order chi connectivity index (χ1) is 6.60. The van der Waals surface area contributed by atoms with Crippen LogP contribution in [0.1, 0.15) is 47.5 Å². The van der Waals surface area contributed by atoms with Crippen molar-refractivity contribution < 1.29 is 9.53 Å². The summed E-state index contributed by atoms with van der Waals surface area (Å²) >= 11 is 0. The molecule has 1 saturated carbocycles. The standard InChI is InChI=1S/C12H19NO2/c1-10(2,3)15-9(14)12(8-13)6-11(4,5)7-12/h6-7H2,1-5H3. The third kappa shape index (κ3) is 2.50. The molecular formula is C12H19NO2. The largest absolute Gasteiger partial charge is 0.459 e. The fourth-order valence-electron chi connectivity index (χ4n) is 2.23. The van der Waals surface area contributed by atoms with Crippen LogP contribution in [-0.4, -0.2) is 11.6 Å². The number of rotatable bonds is 1. The van der Waals surface area contributed by atoms with Gasteiger partial charge in [0.05, 0.1) is 6.07 Å². The normalized spacial score (nSPS) is 22.4. The molecule has 0 unspecified atom stereocenters. The zero-order valence-electron chi connectivity index (χ0n) is 10.2. The quantitative estimate of drug-likeness (QED) is 0.624. The van der Waals surface area contributed by atoms with E-state index in [1.54, 1.807) is 0 Å². The van der Waals surface area contributed by atoms with Crippen LogP contribution in [0.5, 0.6) is 0 Å². The lowest BCUT2D eigenvalue weighted by molar-refractivity contribution is -0.175. The van der Waals surface area contributed by atoms with Crippen LogP contribution in [0.15, 0.2) is 0 Å². The maximum absolute atomic E-state index is 11.8. The Morgan fingerprint density at radius 2 is 1.80 bits per heavy atom. The minimum Gasteiger partial charge on any atom is -0.459 e. The van der Waals surface area contributed by atoms with Gasteiger partial charge in [-0.2, -0.15) is 5.26 Å². The van der Waals surface area contributed by atoms with Crippen molar-refractivity contribution in [2.45, 2.75) is 53.1 Å². The zero-order valence-corrected chi connectivity index (χ0v) is 10.2. The van der Waals surface area contributed by atoms with Gasteiger partial charge in [0.1, 0.15) is 5.60 Å². The zero-order chi connectivity index (χ0) is 11.9. The van der Waals surface area contributed by atoms with Gasteiger partial charge in [0.25, 0.3) is 0 Å². The highest BCUT2D eigenvalue weighted by molar-refractivity contribution is 5.82. The third-order valence-electron chi connectivity index (χ3n) is 2.56. The lowest BCUT2D eigenvalue weighted by Crippen LogP contribution is -2.50. The average molecular weight is 209 g/mol. The van der Waals surface area contributed by atoms with Crippen LogP contribution in [0.2, 0.25) is 0 Å². The van der Waals surface area contributed by atoms with E-state index < -0.39 is 11.0 Å². The first-order valence-corrected chi connectivity index (χ1v) is 5.25. The summed E-state index contributed by atoms with van der Waals surface area (Å²) in [6.07, 6.45) is 1.21. The van der Waals surface area contributed by atoms with Crippen LogP contribution in [-0.2, 0) is 9.53 Å². The number of carbonyl (C=O) groups is 1. The molecule has 0 bridgehead atoms. The summed E-state index contributed by atoms with van der Waals surface area (Å²) in [5.74, 6) is -0.364. The van der Waals surface area contributed by atoms with E-state index in [0.29, 0.717) is 12.8 Å². The van der Waals surface area contributed by atoms with Crippen molar-refractivity contribution in [3.63, 3.8) is 0 Å². The predicted octanol–water partition coefficient (Wildman–Crippen LogP) is 2.66. The lowest BCUT2D eigenvalue weighted by atomic mass is 9.55. The summed E-state index contributed by atoms with van der Waals surface area (Å²) in [5.41, 5.74) is -1.32. The van der Waals surface area contributed by atoms with Crippen LogP contribution in [0.4, 0.5) is 0 Å². The van der Waals surface area contributed by atoms with Crippen LogP contribution in [0.25, 0.3) is 0 Å². The summed E-state index contributed by atoms with van der Waals surface area (Å²) in [7, 11) is 0. The minimum atomic E-state index is -0.892. The number of hydrogen-bond acceptors (Lipinski definition) is 3. The van der Waals surface area contributed by atoms with Crippen molar-refractivity contribution >= 4 is 5.97 Å². The second kappa shape index (κ2) is 3.23. The maximum atomic E-state index is 11.8. The number of esters is 1. The van der Waals surface area contributed by atoms with Crippen LogP contribution >= 0.6 is 0 Å². The topological polar surface area (TPSA) is 50.1 Å². The molecule has 0 radical (unpaired) electrons. The van der Waals surface area contributed by atoms with Crippen LogP contribution in [0, 0.1) is 22.2 Å². The molecule has 0 amide bonds. The van der Waals surface area contributed by atoms with Crippen molar-refractivity contribution in [1.82, 2.24) is 0 Å². The maximum Gasteiger partial charge on any atom is 0.327 e. The number of hydrogen-bond donors (Lipinski definition) is 0. The number of carbonyl (C=O) groups excluding carboxylic acids is 1. The van der Waals surface area contributed by atoms with E-state index in [4.69, 9.17) is 10.00 Å². The van der Waals surface area contributed by atoms with Crippen molar-refractivity contribution in [3.8, 4) is 6.07 Å². The summed E-state index contributed by atoms with van der Waals surface area (Å²) in [4.78, 5) is 11.8. The van der Waals surface area contributed by atoms with E-state index in [9.17, 15) is 4.79 Å². The Kier molecular flexibility index (Phi) is 2.59. The molecule has 1 aliphatic rings. The molecule has 0 aromatic carbocycles. The number of ether oxygens (including phenoxy) is 1. The Morgan fingerprint density at radius 1 is 1.33 bits per heavy atom. The monoisotopic (exact) mass is 209 g/mol. The summed E-state index contributed by atoms with van der Waals surface area (Å²) < 4.78 is 5.27. The minimum absolute atomic E-state index is 0.0899. The highest BCUT2D eigenvalue weighted by atomic mass is 16.6. The molecule has 1 rings (SSSR count). The van der Waals surface area contributed by atoms with Gasteiger partial charge in [0.2, 0.25) is 0 Å². The van der Waals surface area contributed by atoms with E-state index in [0.717, 1.165) is 0 Å². The highest BCUT2D eigenvalue weighted by Crippen LogP contribution is 2.54. The second-order valence-electron chi connectivity index (χ2n) is 6.21. The van der Waals surface area contributed by atoms with Gasteiger partial charge in [-0.15, -0.1) is 0 Å². The van der Waals surface area contributed by atoms with Crippen molar-refractivity contribution in [1.29, 1.82) is 5.26 Å². The van der Waals surface area contributed by atoms with Gasteiger partial charge >= 0.3 is 5.97 Å². The van der Waals surface area contributed by atoms with Gasteiger partial charge in [0, 0.05) is 0 Å². The molecule has 15 heavy (non-hydrogen) atoms. The Labute approximate surface area is 91.4 Å². The Balaban J connectivity index is 2.72. The van der Waals surface area contributed by atoms with Gasteiger partial charge in [-0.3, -0.25) is 4.79 Å². The van der Waals surface area contributed by atoms with E-state index in [2.05, 4.69) is 19.9 Å². The van der Waals surface area contributed by atoms with Crippen molar-refractivity contribution in [2.24, 2.45) is 10.8 Å². The summed E-state index contributed by atoms with van der Waals surface area (Å²) in [6, 6.07) is 2.12. The predicted molar refractivity (Wildman–Crippen MR) is 56.9 cm³/mol. The fraction of sp³-hybridized carbons (Fsp3) is 0.833.